The summed E-state index contributed by atoms with van der Waals surface area (Å²) in [6.45, 7) is 3.93. The molecule has 4 nitrogen and oxygen atoms in total. The first-order valence-corrected chi connectivity index (χ1v) is 9.86. The fourth-order valence-electron chi connectivity index (χ4n) is 2.75. The maximum atomic E-state index is 13.2. The van der Waals surface area contributed by atoms with Crippen LogP contribution in [0.2, 0.25) is 10.0 Å². The third-order valence-electron chi connectivity index (χ3n) is 3.93. The molecule has 140 valence electrons. The highest BCUT2D eigenvalue weighted by molar-refractivity contribution is 8.04. The minimum Gasteiger partial charge on any atom is -0.497 e. The number of halogens is 2. The van der Waals surface area contributed by atoms with Gasteiger partial charge in [-0.15, -0.1) is 11.8 Å². The third kappa shape index (κ3) is 3.86. The molecule has 0 radical (unpaired) electrons. The molecule has 0 aromatic heterocycles. The number of hydrogen-bond acceptors (Lipinski definition) is 4. The lowest BCUT2D eigenvalue weighted by Crippen LogP contribution is -2.31. The van der Waals surface area contributed by atoms with Gasteiger partial charge in [0.25, 0.3) is 11.8 Å². The van der Waals surface area contributed by atoms with Gasteiger partial charge in [0.2, 0.25) is 0 Å². The Balaban J connectivity index is 2.11. The molecule has 1 aliphatic heterocycles. The molecule has 0 atom stereocenters. The van der Waals surface area contributed by atoms with Crippen LogP contribution in [0.3, 0.4) is 0 Å². The van der Waals surface area contributed by atoms with Crippen LogP contribution in [-0.4, -0.2) is 24.2 Å². The maximum absolute atomic E-state index is 13.2. The fraction of sp³-hybridized carbons (Fsp3) is 0.200. The second-order valence-electron chi connectivity index (χ2n) is 6.14. The Morgan fingerprint density at radius 2 is 1.67 bits per heavy atom. The lowest BCUT2D eigenvalue weighted by molar-refractivity contribution is -0.119. The summed E-state index contributed by atoms with van der Waals surface area (Å²) in [6, 6.07) is 11.7. The lowest BCUT2D eigenvalue weighted by Gasteiger charge is -2.16. The van der Waals surface area contributed by atoms with E-state index in [0.29, 0.717) is 37.5 Å². The number of benzene rings is 2. The van der Waals surface area contributed by atoms with Crippen LogP contribution in [0.5, 0.6) is 5.75 Å². The molecule has 0 aliphatic carbocycles. The summed E-state index contributed by atoms with van der Waals surface area (Å²) in [6.07, 6.45) is 0. The van der Waals surface area contributed by atoms with Crippen molar-refractivity contribution in [3.8, 4) is 5.75 Å². The van der Waals surface area contributed by atoms with E-state index in [0.717, 1.165) is 0 Å². The molecule has 0 fully saturated rings. The van der Waals surface area contributed by atoms with Gasteiger partial charge in [0.1, 0.15) is 5.75 Å². The van der Waals surface area contributed by atoms with Crippen molar-refractivity contribution in [1.29, 1.82) is 0 Å². The maximum Gasteiger partial charge on any atom is 0.272 e. The Morgan fingerprint density at radius 3 is 2.22 bits per heavy atom. The van der Waals surface area contributed by atoms with Crippen LogP contribution in [0.25, 0.3) is 5.57 Å². The summed E-state index contributed by atoms with van der Waals surface area (Å²) < 4.78 is 5.14. The highest BCUT2D eigenvalue weighted by atomic mass is 35.5. The molecule has 1 heterocycles. The van der Waals surface area contributed by atoms with Crippen LogP contribution in [-0.2, 0) is 9.59 Å². The number of amides is 2. The summed E-state index contributed by atoms with van der Waals surface area (Å²) in [5.41, 5.74) is 1.28. The second kappa shape index (κ2) is 7.97. The average Bonchev–Trinajstić information content (AvgIpc) is 2.85. The van der Waals surface area contributed by atoms with E-state index < -0.39 is 5.91 Å². The molecule has 0 bridgehead atoms. The summed E-state index contributed by atoms with van der Waals surface area (Å²) in [5, 5.41) is 0.914. The first-order chi connectivity index (χ1) is 12.8. The van der Waals surface area contributed by atoms with Crippen molar-refractivity contribution < 1.29 is 14.3 Å². The van der Waals surface area contributed by atoms with Crippen molar-refractivity contribution in [3.05, 3.63) is 63.0 Å². The van der Waals surface area contributed by atoms with E-state index in [-0.39, 0.29) is 11.2 Å². The molecule has 2 aromatic rings. The van der Waals surface area contributed by atoms with Gasteiger partial charge in [-0.1, -0.05) is 43.1 Å². The second-order valence-corrected chi connectivity index (χ2v) is 8.57. The first-order valence-electron chi connectivity index (χ1n) is 8.22. The smallest absolute Gasteiger partial charge is 0.272 e. The number of ether oxygens (including phenoxy) is 1. The molecular formula is C20H17Cl2NO3S. The highest BCUT2D eigenvalue weighted by Gasteiger charge is 2.41. The van der Waals surface area contributed by atoms with Crippen molar-refractivity contribution in [1.82, 2.24) is 0 Å². The quantitative estimate of drug-likeness (QED) is 0.603. The molecule has 2 aromatic carbocycles. The van der Waals surface area contributed by atoms with Crippen molar-refractivity contribution >= 4 is 58.0 Å². The van der Waals surface area contributed by atoms with Gasteiger partial charge < -0.3 is 4.74 Å². The number of anilines is 1. The molecule has 2 amide bonds. The molecule has 3 rings (SSSR count). The van der Waals surface area contributed by atoms with Gasteiger partial charge in [0.05, 0.1) is 28.3 Å². The number of nitrogens with zero attached hydrogens (tertiary/aromatic N) is 1. The number of imide groups is 1. The standard InChI is InChI=1S/C20H17Cl2NO3S/c1-11(2)27-18-17(15-9-4-12(21)10-16(15)22)19(24)23(20(18)25)13-5-7-14(26-3)8-6-13/h4-11H,1-3H3. The van der Waals surface area contributed by atoms with Crippen LogP contribution in [0, 0.1) is 0 Å². The number of hydrogen-bond donors (Lipinski definition) is 0. The van der Waals surface area contributed by atoms with Gasteiger partial charge in [-0.05, 0) is 36.4 Å². The van der Waals surface area contributed by atoms with E-state index >= 15 is 0 Å². The molecule has 0 unspecified atom stereocenters. The minimum atomic E-state index is -0.405. The Labute approximate surface area is 172 Å². The van der Waals surface area contributed by atoms with E-state index in [1.54, 1.807) is 49.6 Å². The van der Waals surface area contributed by atoms with Crippen LogP contribution in [0.15, 0.2) is 47.4 Å². The fourth-order valence-corrected chi connectivity index (χ4v) is 4.23. The monoisotopic (exact) mass is 421 g/mol. The highest BCUT2D eigenvalue weighted by Crippen LogP contribution is 2.42. The normalized spacial score (nSPS) is 14.5. The largest absolute Gasteiger partial charge is 0.497 e. The van der Waals surface area contributed by atoms with Gasteiger partial charge in [-0.3, -0.25) is 9.59 Å². The van der Waals surface area contributed by atoms with Crippen molar-refractivity contribution in [3.63, 3.8) is 0 Å². The van der Waals surface area contributed by atoms with E-state index in [4.69, 9.17) is 27.9 Å². The number of rotatable bonds is 5. The predicted molar refractivity (Wildman–Crippen MR) is 112 cm³/mol. The average molecular weight is 422 g/mol. The Kier molecular flexibility index (Phi) is 5.84. The summed E-state index contributed by atoms with van der Waals surface area (Å²) in [4.78, 5) is 27.9. The molecule has 0 saturated carbocycles. The van der Waals surface area contributed by atoms with Crippen LogP contribution in [0.4, 0.5) is 5.69 Å². The van der Waals surface area contributed by atoms with Crippen LogP contribution < -0.4 is 9.64 Å². The van der Waals surface area contributed by atoms with Gasteiger partial charge >= 0.3 is 0 Å². The summed E-state index contributed by atoms with van der Waals surface area (Å²) in [5.74, 6) is -0.119. The van der Waals surface area contributed by atoms with E-state index in [9.17, 15) is 9.59 Å². The van der Waals surface area contributed by atoms with Crippen LogP contribution in [0.1, 0.15) is 19.4 Å². The first kappa shape index (κ1) is 19.8. The zero-order valence-corrected chi connectivity index (χ0v) is 17.3. The van der Waals surface area contributed by atoms with E-state index in [2.05, 4.69) is 0 Å². The van der Waals surface area contributed by atoms with E-state index in [1.165, 1.54) is 16.7 Å². The van der Waals surface area contributed by atoms with Gasteiger partial charge in [0, 0.05) is 15.8 Å². The van der Waals surface area contributed by atoms with E-state index in [1.807, 2.05) is 13.8 Å². The Morgan fingerprint density at radius 1 is 1.00 bits per heavy atom. The Bertz CT molecular complexity index is 939. The number of methoxy groups -OCH3 is 1. The molecule has 0 spiro atoms. The van der Waals surface area contributed by atoms with Crippen molar-refractivity contribution in [2.24, 2.45) is 0 Å². The van der Waals surface area contributed by atoms with Crippen molar-refractivity contribution in [2.75, 3.05) is 12.0 Å². The van der Waals surface area contributed by atoms with Gasteiger partial charge in [-0.2, -0.15) is 0 Å². The number of carbonyl (C=O) groups excluding carboxylic acids is 2. The lowest BCUT2D eigenvalue weighted by atomic mass is 10.1. The topological polar surface area (TPSA) is 46.6 Å². The zero-order chi connectivity index (χ0) is 19.7. The molecule has 0 N–H and O–H groups in total. The SMILES string of the molecule is COc1ccc(N2C(=O)C(SC(C)C)=C(c3ccc(Cl)cc3Cl)C2=O)cc1. The van der Waals surface area contributed by atoms with Gasteiger partial charge in [-0.25, -0.2) is 4.90 Å². The molecule has 7 heteroatoms. The Hall–Kier alpha value is -1.95. The predicted octanol–water partition coefficient (Wildman–Crippen LogP) is 5.43. The van der Waals surface area contributed by atoms with Crippen LogP contribution >= 0.6 is 35.0 Å². The number of thioether (sulfide) groups is 1. The van der Waals surface area contributed by atoms with Crippen molar-refractivity contribution in [2.45, 2.75) is 19.1 Å². The minimum absolute atomic E-state index is 0.119. The van der Waals surface area contributed by atoms with Gasteiger partial charge in [0.15, 0.2) is 0 Å². The summed E-state index contributed by atoms with van der Waals surface area (Å²) in [7, 11) is 1.56. The molecular weight excluding hydrogens is 405 g/mol. The summed E-state index contributed by atoms with van der Waals surface area (Å²) >= 11 is 13.7. The third-order valence-corrected chi connectivity index (χ3v) is 5.56. The molecule has 27 heavy (non-hydrogen) atoms. The molecule has 1 aliphatic rings. The number of carbonyl (C=O) groups is 2. The zero-order valence-electron chi connectivity index (χ0n) is 15.0. The molecule has 0 saturated heterocycles.